The predicted octanol–water partition coefficient (Wildman–Crippen LogP) is 1.95. The highest BCUT2D eigenvalue weighted by Crippen LogP contribution is 2.36. The Balaban J connectivity index is 1.43. The minimum atomic E-state index is -0.584. The molecule has 170 valence electrons. The molecule has 6 rings (SSSR count). The lowest BCUT2D eigenvalue weighted by molar-refractivity contribution is -0.0383. The van der Waals surface area contributed by atoms with Crippen LogP contribution in [0.5, 0.6) is 0 Å². The van der Waals surface area contributed by atoms with Gasteiger partial charge in [0.15, 0.2) is 5.65 Å². The molecule has 0 radical (unpaired) electrons. The number of aliphatic hydroxyl groups excluding tert-OH is 1. The number of ether oxygens (including phenoxy) is 1. The summed E-state index contributed by atoms with van der Waals surface area (Å²) in [5.74, 6) is 1.35. The van der Waals surface area contributed by atoms with Gasteiger partial charge < -0.3 is 25.0 Å². The predicted molar refractivity (Wildman–Crippen MR) is 121 cm³/mol. The Morgan fingerprint density at radius 3 is 2.91 bits per heavy atom. The van der Waals surface area contributed by atoms with Gasteiger partial charge in [0, 0.05) is 49.3 Å². The van der Waals surface area contributed by atoms with E-state index < -0.39 is 6.10 Å². The first kappa shape index (κ1) is 20.1. The maximum absolute atomic E-state index is 12.8. The number of anilines is 1. The van der Waals surface area contributed by atoms with Crippen LogP contribution in [-0.4, -0.2) is 67.6 Å². The number of hydrogen-bond donors (Lipinski definition) is 3. The van der Waals surface area contributed by atoms with E-state index in [0.29, 0.717) is 30.1 Å². The van der Waals surface area contributed by atoms with Crippen molar-refractivity contribution in [2.75, 3.05) is 25.6 Å². The third kappa shape index (κ3) is 3.42. The Hall–Kier alpha value is -3.50. The average molecular weight is 447 g/mol. The number of carbonyl (C=O) groups is 1. The van der Waals surface area contributed by atoms with E-state index in [-0.39, 0.29) is 18.0 Å². The number of rotatable bonds is 5. The summed E-state index contributed by atoms with van der Waals surface area (Å²) < 4.78 is 9.06. The summed E-state index contributed by atoms with van der Waals surface area (Å²) >= 11 is 0. The monoisotopic (exact) mass is 447 g/mol. The van der Waals surface area contributed by atoms with Crippen LogP contribution in [0.1, 0.15) is 35.7 Å². The molecule has 5 heterocycles. The lowest BCUT2D eigenvalue weighted by atomic mass is 10.0. The molecule has 0 spiro atoms. The lowest BCUT2D eigenvalue weighted by Crippen LogP contribution is -2.34. The Kier molecular flexibility index (Phi) is 4.77. The normalized spacial score (nSPS) is 20.9. The van der Waals surface area contributed by atoms with E-state index in [1.165, 1.54) is 0 Å². The summed E-state index contributed by atoms with van der Waals surface area (Å²) in [6, 6.07) is 6.02. The summed E-state index contributed by atoms with van der Waals surface area (Å²) in [4.78, 5) is 22.3. The summed E-state index contributed by atoms with van der Waals surface area (Å²) in [5.41, 5.74) is 3.42. The molecule has 10 heteroatoms. The van der Waals surface area contributed by atoms with Gasteiger partial charge in [-0.05, 0) is 31.4 Å². The zero-order chi connectivity index (χ0) is 22.5. The van der Waals surface area contributed by atoms with Gasteiger partial charge in [-0.3, -0.25) is 4.79 Å². The zero-order valence-electron chi connectivity index (χ0n) is 18.2. The number of nitrogens with zero attached hydrogens (tertiary/aromatic N) is 5. The standard InChI is InChI=1S/C23H25N7O3/c1-24-20-9-17(28-22-16(11-26-30(20)22)23(32)27-13-4-5-13)15-10-25-21-14(15)3-2-7-29(21)18-6-8-33-12-19(18)31/h2-3,7,9-11,13,18-19,24,31H,4-6,8,12H2,1H3,(H,27,32)/t18?,19-/m0/s1. The minimum absolute atomic E-state index is 0.0962. The fourth-order valence-electron chi connectivity index (χ4n) is 4.50. The maximum Gasteiger partial charge on any atom is 0.256 e. The molecule has 33 heavy (non-hydrogen) atoms. The number of amides is 1. The highest BCUT2D eigenvalue weighted by molar-refractivity contribution is 6.00. The van der Waals surface area contributed by atoms with Gasteiger partial charge in [0.05, 0.1) is 30.6 Å². The van der Waals surface area contributed by atoms with Gasteiger partial charge >= 0.3 is 0 Å². The van der Waals surface area contributed by atoms with Crippen LogP contribution in [0.4, 0.5) is 5.82 Å². The van der Waals surface area contributed by atoms with Crippen LogP contribution in [0.25, 0.3) is 28.3 Å². The van der Waals surface area contributed by atoms with Crippen molar-refractivity contribution in [3.05, 3.63) is 42.4 Å². The minimum Gasteiger partial charge on any atom is -0.389 e. The molecular weight excluding hydrogens is 422 g/mol. The molecule has 1 aliphatic carbocycles. The molecule has 0 bridgehead atoms. The van der Waals surface area contributed by atoms with Gasteiger partial charge in [0.2, 0.25) is 0 Å². The van der Waals surface area contributed by atoms with Crippen LogP contribution in [-0.2, 0) is 4.74 Å². The number of carbonyl (C=O) groups excluding carboxylic acids is 1. The molecule has 2 atom stereocenters. The van der Waals surface area contributed by atoms with E-state index in [0.717, 1.165) is 42.0 Å². The van der Waals surface area contributed by atoms with Gasteiger partial charge in [-0.1, -0.05) is 0 Å². The Labute approximate surface area is 189 Å². The van der Waals surface area contributed by atoms with Gasteiger partial charge in [-0.2, -0.15) is 9.61 Å². The molecule has 3 N–H and O–H groups in total. The fraction of sp³-hybridized carbons (Fsp3) is 0.391. The second-order valence-electron chi connectivity index (χ2n) is 8.64. The molecule has 3 aliphatic heterocycles. The summed E-state index contributed by atoms with van der Waals surface area (Å²) in [7, 11) is 1.81. The molecule has 1 saturated heterocycles. The van der Waals surface area contributed by atoms with Crippen molar-refractivity contribution in [1.82, 2.24) is 29.5 Å². The Bertz CT molecular complexity index is 1310. The number of hydrogen-bond acceptors (Lipinski definition) is 7. The van der Waals surface area contributed by atoms with Crippen LogP contribution in [0.2, 0.25) is 0 Å². The molecule has 1 saturated carbocycles. The third-order valence-electron chi connectivity index (χ3n) is 6.41. The highest BCUT2D eigenvalue weighted by Gasteiger charge is 2.29. The lowest BCUT2D eigenvalue weighted by Gasteiger charge is -2.31. The topological polar surface area (TPSA) is 119 Å². The zero-order valence-corrected chi connectivity index (χ0v) is 18.2. The van der Waals surface area contributed by atoms with Crippen molar-refractivity contribution in [2.45, 2.75) is 37.5 Å². The average Bonchev–Trinajstić information content (AvgIpc) is 3.37. The first-order valence-corrected chi connectivity index (χ1v) is 11.2. The molecule has 2 aromatic rings. The molecule has 2 fully saturated rings. The van der Waals surface area contributed by atoms with Crippen LogP contribution < -0.4 is 10.6 Å². The number of nitrogens with one attached hydrogen (secondary N) is 2. The number of aromatic nitrogens is 5. The van der Waals surface area contributed by atoms with Gasteiger partial charge in [-0.25, -0.2) is 9.97 Å². The van der Waals surface area contributed by atoms with E-state index >= 15 is 0 Å². The van der Waals surface area contributed by atoms with Crippen LogP contribution >= 0.6 is 0 Å². The molecule has 1 unspecified atom stereocenters. The first-order valence-electron chi connectivity index (χ1n) is 11.2. The van der Waals surface area contributed by atoms with E-state index in [1.807, 2.05) is 36.0 Å². The number of fused-ring (bicyclic) bond motifs is 2. The summed E-state index contributed by atoms with van der Waals surface area (Å²) in [6.07, 6.45) is 7.47. The van der Waals surface area contributed by atoms with Crippen LogP contribution in [0.15, 0.2) is 36.8 Å². The Morgan fingerprint density at radius 2 is 2.12 bits per heavy atom. The Morgan fingerprint density at radius 1 is 1.24 bits per heavy atom. The smallest absolute Gasteiger partial charge is 0.256 e. The van der Waals surface area contributed by atoms with E-state index in [4.69, 9.17) is 9.72 Å². The molecule has 0 aromatic carbocycles. The van der Waals surface area contributed by atoms with E-state index in [1.54, 1.807) is 16.9 Å². The summed E-state index contributed by atoms with van der Waals surface area (Å²) in [6.45, 7) is 0.924. The van der Waals surface area contributed by atoms with Gasteiger partial charge in [0.25, 0.3) is 5.91 Å². The van der Waals surface area contributed by atoms with Crippen molar-refractivity contribution in [3.8, 4) is 22.6 Å². The third-order valence-corrected chi connectivity index (χ3v) is 6.41. The summed E-state index contributed by atoms with van der Waals surface area (Å²) in [5, 5.41) is 21.0. The molecule has 4 aliphatic rings. The molecule has 10 nitrogen and oxygen atoms in total. The molecule has 2 aromatic heterocycles. The number of pyridine rings is 1. The van der Waals surface area contributed by atoms with Crippen molar-refractivity contribution >= 4 is 17.4 Å². The van der Waals surface area contributed by atoms with E-state index in [2.05, 4.69) is 20.7 Å². The van der Waals surface area contributed by atoms with Crippen LogP contribution in [0, 0.1) is 0 Å². The number of aliphatic hydroxyl groups is 1. The van der Waals surface area contributed by atoms with Crippen molar-refractivity contribution in [3.63, 3.8) is 0 Å². The molecule has 1 amide bonds. The van der Waals surface area contributed by atoms with Gasteiger partial charge in [-0.15, -0.1) is 0 Å². The molecular formula is C23H25N7O3. The maximum atomic E-state index is 12.8. The second-order valence-corrected chi connectivity index (χ2v) is 8.64. The largest absolute Gasteiger partial charge is 0.389 e. The van der Waals surface area contributed by atoms with Crippen molar-refractivity contribution in [2.24, 2.45) is 0 Å². The van der Waals surface area contributed by atoms with Crippen molar-refractivity contribution < 1.29 is 14.6 Å². The van der Waals surface area contributed by atoms with Crippen molar-refractivity contribution in [1.29, 1.82) is 0 Å². The van der Waals surface area contributed by atoms with E-state index in [9.17, 15) is 9.90 Å². The highest BCUT2D eigenvalue weighted by atomic mass is 16.5. The first-order chi connectivity index (χ1) is 16.1. The van der Waals surface area contributed by atoms with Crippen LogP contribution in [0.3, 0.4) is 0 Å². The second kappa shape index (κ2) is 7.82. The van der Waals surface area contributed by atoms with Gasteiger partial charge in [0.1, 0.15) is 17.2 Å². The quantitative estimate of drug-likeness (QED) is 0.428. The SMILES string of the molecule is CNc1cc(-c2cnc3n(C4CCOC[C@@H]4O)cccc2-3)nc2c(C(=O)NC3CC3)cnn12. The fourth-order valence-corrected chi connectivity index (χ4v) is 4.50.